The molecule has 2 rings (SSSR count). The molecule has 1 aromatic heterocycles. The normalized spacial score (nSPS) is 10.4. The van der Waals surface area contributed by atoms with Crippen molar-refractivity contribution < 1.29 is 4.74 Å². The third-order valence-corrected chi connectivity index (χ3v) is 4.00. The molecule has 0 bridgehead atoms. The first-order chi connectivity index (χ1) is 10.2. The van der Waals surface area contributed by atoms with Crippen LogP contribution in [0.4, 0.5) is 0 Å². The van der Waals surface area contributed by atoms with Crippen molar-refractivity contribution in [2.45, 2.75) is 18.4 Å². The second-order valence-electron chi connectivity index (χ2n) is 4.42. The fourth-order valence-electron chi connectivity index (χ4n) is 1.86. The molecular weight excluding hydrogens is 282 g/mol. The van der Waals surface area contributed by atoms with Crippen LogP contribution in [0.25, 0.3) is 0 Å². The summed E-state index contributed by atoms with van der Waals surface area (Å²) in [6.45, 7) is 3.79. The van der Waals surface area contributed by atoms with E-state index in [-0.39, 0.29) is 0 Å². The van der Waals surface area contributed by atoms with E-state index in [1.807, 2.05) is 24.3 Å². The summed E-state index contributed by atoms with van der Waals surface area (Å²) < 4.78 is 7.46. The molecule has 0 N–H and O–H groups in total. The van der Waals surface area contributed by atoms with Gasteiger partial charge in [0.15, 0.2) is 0 Å². The number of aromatic nitrogens is 1. The van der Waals surface area contributed by atoms with Crippen molar-refractivity contribution in [2.75, 3.05) is 13.7 Å². The predicted octanol–water partition coefficient (Wildman–Crippen LogP) is 3.49. The SMILES string of the molecule is CCN(Cc1cccc(OC)c1)Sc1cncc(C#N)c1. The van der Waals surface area contributed by atoms with Gasteiger partial charge in [0.05, 0.1) is 12.7 Å². The lowest BCUT2D eigenvalue weighted by Crippen LogP contribution is -2.14. The number of methoxy groups -OCH3 is 1. The van der Waals surface area contributed by atoms with Crippen LogP contribution < -0.4 is 4.74 Å². The van der Waals surface area contributed by atoms with Crippen molar-refractivity contribution in [3.8, 4) is 11.8 Å². The fraction of sp³-hybridized carbons (Fsp3) is 0.250. The maximum absolute atomic E-state index is 8.92. The highest BCUT2D eigenvalue weighted by Crippen LogP contribution is 2.25. The van der Waals surface area contributed by atoms with Crippen molar-refractivity contribution in [2.24, 2.45) is 0 Å². The molecule has 0 atom stereocenters. The number of nitrogens with zero attached hydrogens (tertiary/aromatic N) is 3. The zero-order chi connectivity index (χ0) is 15.1. The van der Waals surface area contributed by atoms with Crippen molar-refractivity contribution in [3.05, 3.63) is 53.9 Å². The second-order valence-corrected chi connectivity index (χ2v) is 5.59. The van der Waals surface area contributed by atoms with E-state index in [1.165, 1.54) is 5.56 Å². The van der Waals surface area contributed by atoms with Gasteiger partial charge in [0, 0.05) is 30.4 Å². The van der Waals surface area contributed by atoms with Gasteiger partial charge in [0.25, 0.3) is 0 Å². The van der Waals surface area contributed by atoms with Gasteiger partial charge in [0.2, 0.25) is 0 Å². The zero-order valence-electron chi connectivity index (χ0n) is 12.1. The molecule has 1 aromatic carbocycles. The smallest absolute Gasteiger partial charge is 0.119 e. The van der Waals surface area contributed by atoms with E-state index < -0.39 is 0 Å². The molecule has 0 amide bonds. The third-order valence-electron chi connectivity index (χ3n) is 2.92. The molecule has 0 fully saturated rings. The Labute approximate surface area is 129 Å². The number of hydrogen-bond donors (Lipinski definition) is 0. The molecule has 0 aliphatic carbocycles. The molecule has 0 aliphatic rings. The Balaban J connectivity index is 2.07. The molecule has 0 aliphatic heterocycles. The Bertz CT molecular complexity index is 639. The zero-order valence-corrected chi connectivity index (χ0v) is 12.9. The maximum atomic E-state index is 8.92. The van der Waals surface area contributed by atoms with Crippen LogP contribution >= 0.6 is 11.9 Å². The molecular formula is C16H17N3OS. The molecule has 0 saturated carbocycles. The lowest BCUT2D eigenvalue weighted by molar-refractivity contribution is 0.412. The minimum absolute atomic E-state index is 0.581. The Kier molecular flexibility index (Phi) is 5.61. The highest BCUT2D eigenvalue weighted by molar-refractivity contribution is 7.97. The largest absolute Gasteiger partial charge is 0.497 e. The van der Waals surface area contributed by atoms with Crippen LogP contribution in [0.5, 0.6) is 5.75 Å². The van der Waals surface area contributed by atoms with Gasteiger partial charge >= 0.3 is 0 Å². The van der Waals surface area contributed by atoms with Crippen molar-refractivity contribution >= 4 is 11.9 Å². The molecule has 5 heteroatoms. The number of ether oxygens (including phenoxy) is 1. The van der Waals surface area contributed by atoms with Gasteiger partial charge in [-0.1, -0.05) is 19.1 Å². The standard InChI is InChI=1S/C16H17N3OS/c1-3-19(12-13-5-4-6-15(7-13)20-2)21-16-8-14(9-17)10-18-11-16/h4-8,10-11H,3,12H2,1-2H3. The average molecular weight is 299 g/mol. The lowest BCUT2D eigenvalue weighted by atomic mass is 10.2. The lowest BCUT2D eigenvalue weighted by Gasteiger charge is -2.19. The summed E-state index contributed by atoms with van der Waals surface area (Å²) in [5.41, 5.74) is 1.77. The van der Waals surface area contributed by atoms with E-state index in [9.17, 15) is 0 Å². The van der Waals surface area contributed by atoms with E-state index in [0.29, 0.717) is 5.56 Å². The molecule has 0 unspecified atom stereocenters. The molecule has 1 heterocycles. The van der Waals surface area contributed by atoms with Gasteiger partial charge < -0.3 is 4.74 Å². The van der Waals surface area contributed by atoms with Crippen LogP contribution in [-0.4, -0.2) is 22.9 Å². The van der Waals surface area contributed by atoms with E-state index in [4.69, 9.17) is 10.00 Å². The molecule has 0 saturated heterocycles. The first kappa shape index (κ1) is 15.4. The van der Waals surface area contributed by atoms with Crippen LogP contribution in [0.2, 0.25) is 0 Å². The summed E-state index contributed by atoms with van der Waals surface area (Å²) in [6.07, 6.45) is 3.35. The second kappa shape index (κ2) is 7.67. The van der Waals surface area contributed by atoms with Gasteiger partial charge in [-0.25, -0.2) is 4.31 Å². The maximum Gasteiger partial charge on any atom is 0.119 e. The summed E-state index contributed by atoms with van der Waals surface area (Å²) in [5.74, 6) is 0.863. The fourth-order valence-corrected chi connectivity index (χ4v) is 2.79. The predicted molar refractivity (Wildman–Crippen MR) is 83.9 cm³/mol. The monoisotopic (exact) mass is 299 g/mol. The van der Waals surface area contributed by atoms with Crippen LogP contribution in [-0.2, 0) is 6.54 Å². The van der Waals surface area contributed by atoms with Gasteiger partial charge in [-0.15, -0.1) is 0 Å². The van der Waals surface area contributed by atoms with Gasteiger partial charge in [-0.3, -0.25) is 4.98 Å². The van der Waals surface area contributed by atoms with E-state index in [0.717, 1.165) is 23.7 Å². The van der Waals surface area contributed by atoms with E-state index >= 15 is 0 Å². The van der Waals surface area contributed by atoms with Gasteiger partial charge in [-0.05, 0) is 35.7 Å². The number of nitriles is 1. The number of benzene rings is 1. The van der Waals surface area contributed by atoms with Gasteiger partial charge in [0.1, 0.15) is 11.8 Å². The third kappa shape index (κ3) is 4.48. The van der Waals surface area contributed by atoms with Crippen LogP contribution in [0, 0.1) is 11.3 Å². The van der Waals surface area contributed by atoms with E-state index in [2.05, 4.69) is 28.3 Å². The van der Waals surface area contributed by atoms with Crippen molar-refractivity contribution in [1.29, 1.82) is 5.26 Å². The van der Waals surface area contributed by atoms with E-state index in [1.54, 1.807) is 31.5 Å². The molecule has 4 nitrogen and oxygen atoms in total. The number of pyridine rings is 1. The molecule has 2 aromatic rings. The van der Waals surface area contributed by atoms with Crippen LogP contribution in [0.15, 0.2) is 47.6 Å². The highest BCUT2D eigenvalue weighted by Gasteiger charge is 2.08. The van der Waals surface area contributed by atoms with Gasteiger partial charge in [-0.2, -0.15) is 5.26 Å². The summed E-state index contributed by atoms with van der Waals surface area (Å²) in [4.78, 5) is 5.06. The molecule has 21 heavy (non-hydrogen) atoms. The molecule has 0 radical (unpaired) electrons. The quantitative estimate of drug-likeness (QED) is 0.764. The first-order valence-corrected chi connectivity index (χ1v) is 7.43. The molecule has 0 spiro atoms. The van der Waals surface area contributed by atoms with Crippen LogP contribution in [0.1, 0.15) is 18.1 Å². The Hall–Kier alpha value is -2.03. The molecule has 108 valence electrons. The number of hydrogen-bond acceptors (Lipinski definition) is 5. The van der Waals surface area contributed by atoms with Crippen molar-refractivity contribution in [3.63, 3.8) is 0 Å². The topological polar surface area (TPSA) is 49.1 Å². The Morgan fingerprint density at radius 2 is 2.19 bits per heavy atom. The average Bonchev–Trinajstić information content (AvgIpc) is 2.54. The summed E-state index contributed by atoms with van der Waals surface area (Å²) in [6, 6.07) is 12.0. The number of rotatable bonds is 6. The van der Waals surface area contributed by atoms with Crippen LogP contribution in [0.3, 0.4) is 0 Å². The summed E-state index contributed by atoms with van der Waals surface area (Å²) in [5, 5.41) is 8.92. The summed E-state index contributed by atoms with van der Waals surface area (Å²) in [7, 11) is 1.67. The Morgan fingerprint density at radius 1 is 1.33 bits per heavy atom. The Morgan fingerprint density at radius 3 is 2.90 bits per heavy atom. The highest BCUT2D eigenvalue weighted by atomic mass is 32.2. The minimum Gasteiger partial charge on any atom is -0.497 e. The van der Waals surface area contributed by atoms with Crippen molar-refractivity contribution in [1.82, 2.24) is 9.29 Å². The first-order valence-electron chi connectivity index (χ1n) is 6.66. The summed E-state index contributed by atoms with van der Waals surface area (Å²) >= 11 is 1.61. The minimum atomic E-state index is 0.581.